The molecule has 2 heterocycles. The number of hydrogen-bond acceptors (Lipinski definition) is 4. The monoisotopic (exact) mass is 270 g/mol. The summed E-state index contributed by atoms with van der Waals surface area (Å²) in [4.78, 5) is 13.6. The van der Waals surface area contributed by atoms with Gasteiger partial charge in [-0.25, -0.2) is 0 Å². The van der Waals surface area contributed by atoms with Crippen molar-refractivity contribution in [1.29, 1.82) is 0 Å². The molecule has 0 aromatic heterocycles. The van der Waals surface area contributed by atoms with Crippen molar-refractivity contribution in [3.63, 3.8) is 0 Å². The van der Waals surface area contributed by atoms with E-state index >= 15 is 0 Å². The highest BCUT2D eigenvalue weighted by Gasteiger charge is 2.42. The molecule has 2 aliphatic rings. The quantitative estimate of drug-likeness (QED) is 0.706. The Morgan fingerprint density at radius 2 is 2.05 bits per heavy atom. The van der Waals surface area contributed by atoms with E-state index < -0.39 is 5.97 Å². The van der Waals surface area contributed by atoms with E-state index in [2.05, 4.69) is 4.90 Å². The molecule has 1 atom stereocenters. The number of aliphatic carboxylic acids is 1. The first kappa shape index (κ1) is 14.8. The van der Waals surface area contributed by atoms with Crippen LogP contribution in [0.5, 0.6) is 0 Å². The Morgan fingerprint density at radius 1 is 1.32 bits per heavy atom. The molecule has 0 amide bonds. The van der Waals surface area contributed by atoms with Gasteiger partial charge in [0.2, 0.25) is 0 Å². The maximum Gasteiger partial charge on any atom is 0.320 e. The van der Waals surface area contributed by atoms with E-state index in [0.717, 1.165) is 64.8 Å². The van der Waals surface area contributed by atoms with Gasteiger partial charge in [0.25, 0.3) is 0 Å². The molecule has 2 aliphatic heterocycles. The zero-order valence-corrected chi connectivity index (χ0v) is 11.6. The molecule has 0 aliphatic carbocycles. The minimum atomic E-state index is -0.680. The summed E-state index contributed by atoms with van der Waals surface area (Å²) in [6, 6.07) is -0.325. The number of unbranched alkanes of at least 4 members (excludes halogenated alkanes) is 1. The zero-order valence-electron chi connectivity index (χ0n) is 11.6. The molecule has 0 saturated carbocycles. The van der Waals surface area contributed by atoms with Crippen molar-refractivity contribution >= 4 is 5.97 Å². The van der Waals surface area contributed by atoms with E-state index in [1.807, 2.05) is 0 Å². The Labute approximate surface area is 115 Å². The number of nitrogens with two attached hydrogens (primary N) is 1. The minimum Gasteiger partial charge on any atom is -0.480 e. The second kappa shape index (κ2) is 6.68. The van der Waals surface area contributed by atoms with E-state index in [1.54, 1.807) is 0 Å². The van der Waals surface area contributed by atoms with Gasteiger partial charge in [-0.15, -0.1) is 0 Å². The van der Waals surface area contributed by atoms with Crippen LogP contribution in [0.2, 0.25) is 0 Å². The summed E-state index contributed by atoms with van der Waals surface area (Å²) in [5.41, 5.74) is 5.80. The molecule has 19 heavy (non-hydrogen) atoms. The topological polar surface area (TPSA) is 75.8 Å². The summed E-state index contributed by atoms with van der Waals surface area (Å²) in [5, 5.41) is 9.42. The normalized spacial score (nSPS) is 24.7. The molecule has 5 heteroatoms. The largest absolute Gasteiger partial charge is 0.480 e. The van der Waals surface area contributed by atoms with Crippen LogP contribution in [0, 0.1) is 5.41 Å². The number of rotatable bonds is 6. The molecule has 0 aromatic rings. The summed E-state index contributed by atoms with van der Waals surface area (Å²) < 4.78 is 5.43. The van der Waals surface area contributed by atoms with Gasteiger partial charge in [0.1, 0.15) is 6.04 Å². The predicted molar refractivity (Wildman–Crippen MR) is 73.0 cm³/mol. The van der Waals surface area contributed by atoms with Gasteiger partial charge < -0.3 is 15.6 Å². The van der Waals surface area contributed by atoms with Gasteiger partial charge in [0.15, 0.2) is 0 Å². The van der Waals surface area contributed by atoms with Crippen LogP contribution in [0.1, 0.15) is 38.5 Å². The van der Waals surface area contributed by atoms with Crippen LogP contribution >= 0.6 is 0 Å². The molecule has 2 rings (SSSR count). The second-order valence-corrected chi connectivity index (χ2v) is 5.97. The average Bonchev–Trinajstić information content (AvgIpc) is 2.78. The molecular formula is C14H26N2O3. The third-order valence-electron chi connectivity index (χ3n) is 4.68. The first-order chi connectivity index (χ1) is 9.17. The second-order valence-electron chi connectivity index (χ2n) is 5.97. The van der Waals surface area contributed by atoms with Crippen LogP contribution in [0.4, 0.5) is 0 Å². The summed E-state index contributed by atoms with van der Waals surface area (Å²) in [6.07, 6.45) is 5.82. The van der Waals surface area contributed by atoms with Crippen molar-refractivity contribution in [2.45, 2.75) is 44.6 Å². The Balaban J connectivity index is 1.90. The van der Waals surface area contributed by atoms with Gasteiger partial charge in [0.05, 0.1) is 0 Å². The summed E-state index contributed by atoms with van der Waals surface area (Å²) in [7, 11) is 0. The Morgan fingerprint density at radius 3 is 2.68 bits per heavy atom. The van der Waals surface area contributed by atoms with E-state index in [1.165, 1.54) is 0 Å². The van der Waals surface area contributed by atoms with Crippen LogP contribution in [0.15, 0.2) is 0 Å². The molecule has 3 N–H and O–H groups in total. The van der Waals surface area contributed by atoms with Gasteiger partial charge in [0, 0.05) is 19.8 Å². The van der Waals surface area contributed by atoms with Gasteiger partial charge in [-0.2, -0.15) is 0 Å². The third kappa shape index (κ3) is 3.68. The molecule has 1 unspecified atom stereocenters. The Kier molecular flexibility index (Phi) is 5.19. The first-order valence-electron chi connectivity index (χ1n) is 7.42. The number of nitrogens with zero attached hydrogens (tertiary/aromatic N) is 1. The standard InChI is InChI=1S/C14H26N2O3/c15-7-2-1-3-12(13(17)18)16-8-4-14(11-16)5-9-19-10-6-14/h12H,1-11,15H2,(H,17,18). The lowest BCUT2D eigenvalue weighted by atomic mass is 9.79. The Bertz CT molecular complexity index is 303. The van der Waals surface area contributed by atoms with Crippen molar-refractivity contribution < 1.29 is 14.6 Å². The highest BCUT2D eigenvalue weighted by atomic mass is 16.5. The third-order valence-corrected chi connectivity index (χ3v) is 4.68. The fraction of sp³-hybridized carbons (Fsp3) is 0.929. The van der Waals surface area contributed by atoms with Gasteiger partial charge in [-0.1, -0.05) is 6.42 Å². The number of carboxylic acid groups (broad SMARTS) is 1. The maximum atomic E-state index is 11.5. The molecule has 2 fully saturated rings. The molecule has 2 saturated heterocycles. The van der Waals surface area contributed by atoms with Crippen LogP contribution in [-0.4, -0.2) is 54.9 Å². The maximum absolute atomic E-state index is 11.5. The number of carboxylic acids is 1. The van der Waals surface area contributed by atoms with Crippen molar-refractivity contribution in [3.05, 3.63) is 0 Å². The molecule has 0 aromatic carbocycles. The molecule has 1 spiro atoms. The highest BCUT2D eigenvalue weighted by molar-refractivity contribution is 5.73. The summed E-state index contributed by atoms with van der Waals surface area (Å²) >= 11 is 0. The van der Waals surface area contributed by atoms with E-state index in [0.29, 0.717) is 12.0 Å². The minimum absolute atomic E-state index is 0.319. The number of carbonyl (C=O) groups is 1. The van der Waals surface area contributed by atoms with Crippen LogP contribution in [-0.2, 0) is 9.53 Å². The van der Waals surface area contributed by atoms with Crippen molar-refractivity contribution in [2.24, 2.45) is 11.1 Å². The van der Waals surface area contributed by atoms with Crippen molar-refractivity contribution in [2.75, 3.05) is 32.8 Å². The lowest BCUT2D eigenvalue weighted by Crippen LogP contribution is -2.42. The van der Waals surface area contributed by atoms with Crippen LogP contribution in [0.3, 0.4) is 0 Å². The first-order valence-corrected chi connectivity index (χ1v) is 7.42. The van der Waals surface area contributed by atoms with Crippen molar-refractivity contribution in [1.82, 2.24) is 4.90 Å². The average molecular weight is 270 g/mol. The number of ether oxygens (including phenoxy) is 1. The number of likely N-dealkylation sites (tertiary alicyclic amines) is 1. The molecular weight excluding hydrogens is 244 g/mol. The van der Waals surface area contributed by atoms with Gasteiger partial charge in [-0.05, 0) is 50.6 Å². The van der Waals surface area contributed by atoms with Crippen LogP contribution < -0.4 is 5.73 Å². The number of hydrogen-bond donors (Lipinski definition) is 2. The van der Waals surface area contributed by atoms with E-state index in [4.69, 9.17) is 10.5 Å². The molecule has 0 radical (unpaired) electrons. The van der Waals surface area contributed by atoms with E-state index in [9.17, 15) is 9.90 Å². The summed E-state index contributed by atoms with van der Waals surface area (Å²) in [6.45, 7) is 4.15. The fourth-order valence-electron chi connectivity index (χ4n) is 3.39. The lowest BCUT2D eigenvalue weighted by molar-refractivity contribution is -0.143. The summed E-state index contributed by atoms with van der Waals surface area (Å²) in [5.74, 6) is -0.680. The zero-order chi connectivity index (χ0) is 13.7. The van der Waals surface area contributed by atoms with Gasteiger partial charge >= 0.3 is 5.97 Å². The van der Waals surface area contributed by atoms with Gasteiger partial charge in [-0.3, -0.25) is 9.69 Å². The lowest BCUT2D eigenvalue weighted by Gasteiger charge is -2.34. The molecule has 110 valence electrons. The highest BCUT2D eigenvalue weighted by Crippen LogP contribution is 2.40. The van der Waals surface area contributed by atoms with E-state index in [-0.39, 0.29) is 6.04 Å². The molecule has 5 nitrogen and oxygen atoms in total. The SMILES string of the molecule is NCCCCC(C(=O)O)N1CCC2(CCOCC2)C1. The Hall–Kier alpha value is -0.650. The van der Waals surface area contributed by atoms with Crippen LogP contribution in [0.25, 0.3) is 0 Å². The fourth-order valence-corrected chi connectivity index (χ4v) is 3.39. The molecule has 0 bridgehead atoms. The van der Waals surface area contributed by atoms with Crippen molar-refractivity contribution in [3.8, 4) is 0 Å². The smallest absolute Gasteiger partial charge is 0.320 e. The predicted octanol–water partition coefficient (Wildman–Crippen LogP) is 1.07.